The minimum absolute atomic E-state index is 0.577. The van der Waals surface area contributed by atoms with Gasteiger partial charge in [-0.1, -0.05) is 32.0 Å². The largest absolute Gasteiger partial charge is 0.188 e. The first-order valence-electron chi connectivity index (χ1n) is 4.63. The second kappa shape index (κ2) is 4.75. The SMILES string of the molecule is Cc1ccccc1/N=N/CC(C)C. The van der Waals surface area contributed by atoms with Crippen LogP contribution in [0.5, 0.6) is 0 Å². The zero-order valence-electron chi connectivity index (χ0n) is 8.49. The number of aryl methyl sites for hydroxylation is 1. The van der Waals surface area contributed by atoms with Crippen LogP contribution in [0.1, 0.15) is 19.4 Å². The predicted octanol–water partition coefficient (Wildman–Crippen LogP) is 3.73. The Balaban J connectivity index is 2.63. The van der Waals surface area contributed by atoms with E-state index in [2.05, 4.69) is 24.1 Å². The minimum Gasteiger partial charge on any atom is -0.188 e. The lowest BCUT2D eigenvalue weighted by Crippen LogP contribution is -1.89. The first kappa shape index (κ1) is 9.90. The van der Waals surface area contributed by atoms with Crippen LogP contribution in [-0.4, -0.2) is 6.54 Å². The van der Waals surface area contributed by atoms with Gasteiger partial charge in [-0.2, -0.15) is 10.2 Å². The molecular formula is C11H16N2. The quantitative estimate of drug-likeness (QED) is 0.627. The predicted molar refractivity (Wildman–Crippen MR) is 55.4 cm³/mol. The van der Waals surface area contributed by atoms with Crippen molar-refractivity contribution in [1.82, 2.24) is 0 Å². The van der Waals surface area contributed by atoms with E-state index in [4.69, 9.17) is 0 Å². The summed E-state index contributed by atoms with van der Waals surface area (Å²) >= 11 is 0. The summed E-state index contributed by atoms with van der Waals surface area (Å²) in [7, 11) is 0. The summed E-state index contributed by atoms with van der Waals surface area (Å²) in [6.07, 6.45) is 0. The molecule has 13 heavy (non-hydrogen) atoms. The lowest BCUT2D eigenvalue weighted by molar-refractivity contribution is 0.647. The molecule has 0 fully saturated rings. The maximum atomic E-state index is 4.17. The Morgan fingerprint density at radius 1 is 1.23 bits per heavy atom. The lowest BCUT2D eigenvalue weighted by atomic mass is 10.2. The van der Waals surface area contributed by atoms with E-state index in [0.29, 0.717) is 5.92 Å². The van der Waals surface area contributed by atoms with Gasteiger partial charge >= 0.3 is 0 Å². The smallest absolute Gasteiger partial charge is 0.0881 e. The zero-order valence-corrected chi connectivity index (χ0v) is 8.49. The average molecular weight is 176 g/mol. The van der Waals surface area contributed by atoms with Crippen molar-refractivity contribution in [2.75, 3.05) is 6.54 Å². The van der Waals surface area contributed by atoms with Crippen LogP contribution in [0.25, 0.3) is 0 Å². The van der Waals surface area contributed by atoms with Gasteiger partial charge in [0.1, 0.15) is 0 Å². The third-order valence-corrected chi connectivity index (χ3v) is 1.74. The van der Waals surface area contributed by atoms with Gasteiger partial charge in [-0.3, -0.25) is 0 Å². The minimum atomic E-state index is 0.577. The standard InChI is InChI=1S/C11H16N2/c1-9(2)8-12-13-11-7-5-4-6-10(11)3/h4-7,9H,8H2,1-3H3/b13-12+. The second-order valence-corrected chi connectivity index (χ2v) is 3.60. The van der Waals surface area contributed by atoms with Crippen LogP contribution in [0, 0.1) is 12.8 Å². The Morgan fingerprint density at radius 2 is 1.92 bits per heavy atom. The highest BCUT2D eigenvalue weighted by atomic mass is 15.1. The molecule has 70 valence electrons. The number of hydrogen-bond donors (Lipinski definition) is 0. The summed E-state index contributed by atoms with van der Waals surface area (Å²) in [5.74, 6) is 0.577. The van der Waals surface area contributed by atoms with E-state index in [0.717, 1.165) is 12.2 Å². The van der Waals surface area contributed by atoms with Crippen LogP contribution in [0.3, 0.4) is 0 Å². The monoisotopic (exact) mass is 176 g/mol. The van der Waals surface area contributed by atoms with Crippen molar-refractivity contribution in [3.8, 4) is 0 Å². The fraction of sp³-hybridized carbons (Fsp3) is 0.455. The molecule has 2 nitrogen and oxygen atoms in total. The molecule has 1 aromatic rings. The third-order valence-electron chi connectivity index (χ3n) is 1.74. The van der Waals surface area contributed by atoms with Crippen molar-refractivity contribution in [2.24, 2.45) is 16.1 Å². The van der Waals surface area contributed by atoms with Gasteiger partial charge in [0.15, 0.2) is 0 Å². The molecule has 0 aliphatic heterocycles. The van der Waals surface area contributed by atoms with Gasteiger partial charge in [0.25, 0.3) is 0 Å². The van der Waals surface area contributed by atoms with Gasteiger partial charge in [0.2, 0.25) is 0 Å². The van der Waals surface area contributed by atoms with Gasteiger partial charge in [-0.05, 0) is 24.5 Å². The molecular weight excluding hydrogens is 160 g/mol. The average Bonchev–Trinajstić information content (AvgIpc) is 2.08. The lowest BCUT2D eigenvalue weighted by Gasteiger charge is -1.98. The molecule has 0 aliphatic rings. The van der Waals surface area contributed by atoms with Gasteiger partial charge < -0.3 is 0 Å². The molecule has 0 aromatic heterocycles. The Bertz CT molecular complexity index is 290. The number of hydrogen-bond acceptors (Lipinski definition) is 2. The highest BCUT2D eigenvalue weighted by Gasteiger charge is 1.93. The number of nitrogens with zero attached hydrogens (tertiary/aromatic N) is 2. The van der Waals surface area contributed by atoms with Crippen LogP contribution in [0.15, 0.2) is 34.5 Å². The topological polar surface area (TPSA) is 24.7 Å². The molecule has 0 heterocycles. The van der Waals surface area contributed by atoms with Gasteiger partial charge in [-0.25, -0.2) is 0 Å². The summed E-state index contributed by atoms with van der Waals surface area (Å²) in [6, 6.07) is 8.02. The molecule has 1 rings (SSSR count). The van der Waals surface area contributed by atoms with Crippen LogP contribution < -0.4 is 0 Å². The molecule has 0 amide bonds. The van der Waals surface area contributed by atoms with Crippen LogP contribution in [0.2, 0.25) is 0 Å². The fourth-order valence-electron chi connectivity index (χ4n) is 0.956. The van der Waals surface area contributed by atoms with E-state index >= 15 is 0 Å². The van der Waals surface area contributed by atoms with Crippen molar-refractivity contribution < 1.29 is 0 Å². The molecule has 0 unspecified atom stereocenters. The summed E-state index contributed by atoms with van der Waals surface area (Å²) < 4.78 is 0. The first-order valence-corrected chi connectivity index (χ1v) is 4.63. The van der Waals surface area contributed by atoms with Crippen molar-refractivity contribution in [2.45, 2.75) is 20.8 Å². The van der Waals surface area contributed by atoms with Gasteiger partial charge in [0.05, 0.1) is 12.2 Å². The molecule has 0 radical (unpaired) electrons. The molecule has 2 heteroatoms. The first-order chi connectivity index (χ1) is 6.20. The molecule has 0 bridgehead atoms. The van der Waals surface area contributed by atoms with E-state index < -0.39 is 0 Å². The molecule has 0 aliphatic carbocycles. The Labute approximate surface area is 79.7 Å². The fourth-order valence-corrected chi connectivity index (χ4v) is 0.956. The zero-order chi connectivity index (χ0) is 9.68. The molecule has 0 spiro atoms. The Hall–Kier alpha value is -1.18. The highest BCUT2D eigenvalue weighted by molar-refractivity contribution is 5.43. The number of azo groups is 1. The summed E-state index contributed by atoms with van der Waals surface area (Å²) in [5.41, 5.74) is 2.15. The summed E-state index contributed by atoms with van der Waals surface area (Å²) in [6.45, 7) is 7.12. The second-order valence-electron chi connectivity index (χ2n) is 3.60. The normalized spacial score (nSPS) is 11.4. The van der Waals surface area contributed by atoms with Crippen LogP contribution in [0.4, 0.5) is 5.69 Å². The Morgan fingerprint density at radius 3 is 2.54 bits per heavy atom. The number of rotatable bonds is 3. The van der Waals surface area contributed by atoms with E-state index in [1.165, 1.54) is 5.56 Å². The van der Waals surface area contributed by atoms with E-state index in [1.807, 2.05) is 31.2 Å². The summed E-state index contributed by atoms with van der Waals surface area (Å²) in [5, 5.41) is 8.30. The van der Waals surface area contributed by atoms with E-state index in [9.17, 15) is 0 Å². The molecule has 1 aromatic carbocycles. The molecule has 0 saturated heterocycles. The van der Waals surface area contributed by atoms with Crippen LogP contribution in [-0.2, 0) is 0 Å². The highest BCUT2D eigenvalue weighted by Crippen LogP contribution is 2.17. The van der Waals surface area contributed by atoms with Crippen molar-refractivity contribution >= 4 is 5.69 Å². The van der Waals surface area contributed by atoms with E-state index in [1.54, 1.807) is 0 Å². The van der Waals surface area contributed by atoms with Crippen molar-refractivity contribution in [1.29, 1.82) is 0 Å². The Kier molecular flexibility index (Phi) is 3.62. The van der Waals surface area contributed by atoms with E-state index in [-0.39, 0.29) is 0 Å². The van der Waals surface area contributed by atoms with Crippen LogP contribution >= 0.6 is 0 Å². The van der Waals surface area contributed by atoms with Crippen molar-refractivity contribution in [3.05, 3.63) is 29.8 Å². The number of benzene rings is 1. The third kappa shape index (κ3) is 3.36. The van der Waals surface area contributed by atoms with Gasteiger partial charge in [-0.15, -0.1) is 0 Å². The summed E-state index contributed by atoms with van der Waals surface area (Å²) in [4.78, 5) is 0. The maximum absolute atomic E-state index is 4.17. The molecule has 0 N–H and O–H groups in total. The maximum Gasteiger partial charge on any atom is 0.0881 e. The molecule has 0 saturated carbocycles. The van der Waals surface area contributed by atoms with Gasteiger partial charge in [0, 0.05) is 0 Å². The molecule has 0 atom stereocenters. The van der Waals surface area contributed by atoms with Crippen molar-refractivity contribution in [3.63, 3.8) is 0 Å².